The van der Waals surface area contributed by atoms with Crippen LogP contribution in [0.3, 0.4) is 0 Å². The second-order valence-electron chi connectivity index (χ2n) is 6.47. The molecule has 0 radical (unpaired) electrons. The van der Waals surface area contributed by atoms with E-state index in [0.29, 0.717) is 24.0 Å². The van der Waals surface area contributed by atoms with E-state index in [1.807, 2.05) is 12.1 Å². The van der Waals surface area contributed by atoms with Crippen LogP contribution < -0.4 is 0 Å². The summed E-state index contributed by atoms with van der Waals surface area (Å²) in [7, 11) is -6.48. The van der Waals surface area contributed by atoms with Crippen molar-refractivity contribution in [3.8, 4) is 0 Å². The highest BCUT2D eigenvalue weighted by Gasteiger charge is 2.17. The summed E-state index contributed by atoms with van der Waals surface area (Å²) >= 11 is 3.47. The number of aryl methyl sites for hydroxylation is 1. The molecule has 134 valence electrons. The minimum atomic E-state index is -3.30. The molecule has 0 atom stereocenters. The zero-order valence-corrected chi connectivity index (χ0v) is 16.8. The highest BCUT2D eigenvalue weighted by molar-refractivity contribution is 9.10. The molecule has 2 aromatic rings. The second kappa shape index (κ2) is 7.21. The maximum Gasteiger partial charge on any atom is 0.158 e. The van der Waals surface area contributed by atoms with Gasteiger partial charge < -0.3 is 0 Å². The van der Waals surface area contributed by atoms with Gasteiger partial charge in [0.25, 0.3) is 0 Å². The lowest BCUT2D eigenvalue weighted by Crippen LogP contribution is -2.12. The van der Waals surface area contributed by atoms with Gasteiger partial charge in [-0.15, -0.1) is 0 Å². The van der Waals surface area contributed by atoms with E-state index in [9.17, 15) is 16.8 Å². The fourth-order valence-corrected chi connectivity index (χ4v) is 6.53. The standard InChI is InChI=1S/C18H19BrO4S2/c19-18-10-16-7-8-17(18)2-1-9-24(20,21)11-14-3-5-15(6-4-14)12-25(22,23)13-16/h3-8,10H,1-2,9,11-13H2. The monoisotopic (exact) mass is 442 g/mol. The maximum atomic E-state index is 12.4. The second-order valence-corrected chi connectivity index (χ2v) is 11.6. The van der Waals surface area contributed by atoms with Crippen molar-refractivity contribution in [1.82, 2.24) is 0 Å². The molecule has 4 nitrogen and oxygen atoms in total. The van der Waals surface area contributed by atoms with E-state index >= 15 is 0 Å². The Morgan fingerprint density at radius 3 is 1.84 bits per heavy atom. The number of hydrogen-bond acceptors (Lipinski definition) is 4. The molecule has 0 fully saturated rings. The number of halogens is 1. The van der Waals surface area contributed by atoms with Gasteiger partial charge in [-0.3, -0.25) is 0 Å². The molecule has 25 heavy (non-hydrogen) atoms. The number of hydrogen-bond donors (Lipinski definition) is 0. The molecule has 4 heterocycles. The van der Waals surface area contributed by atoms with Crippen molar-refractivity contribution in [2.45, 2.75) is 30.1 Å². The normalized spacial score (nSPS) is 19.7. The Morgan fingerprint density at radius 2 is 1.24 bits per heavy atom. The SMILES string of the molecule is O=S1(=O)CCCc2ccc(cc2Br)CS(=O)(=O)Cc2ccc(cc2)C1. The van der Waals surface area contributed by atoms with Crippen LogP contribution in [0.4, 0.5) is 0 Å². The summed E-state index contributed by atoms with van der Waals surface area (Å²) in [5.74, 6) is 0.0544. The number of rotatable bonds is 0. The lowest BCUT2D eigenvalue weighted by atomic mass is 10.1. The van der Waals surface area contributed by atoms with Gasteiger partial charge in [0.2, 0.25) is 0 Å². The molecule has 0 N–H and O–H groups in total. The predicted octanol–water partition coefficient (Wildman–Crippen LogP) is 3.43. The largest absolute Gasteiger partial charge is 0.228 e. The maximum absolute atomic E-state index is 12.4. The highest BCUT2D eigenvalue weighted by atomic mass is 79.9. The zero-order chi connectivity index (χ0) is 18.1. The van der Waals surface area contributed by atoms with E-state index < -0.39 is 19.7 Å². The van der Waals surface area contributed by atoms with Crippen LogP contribution in [0, 0.1) is 0 Å². The molecule has 2 aromatic carbocycles. The smallest absolute Gasteiger partial charge is 0.158 e. The molecular formula is C18H19BrO4S2. The predicted molar refractivity (Wildman–Crippen MR) is 103 cm³/mol. The molecule has 4 aliphatic rings. The third-order valence-electron chi connectivity index (χ3n) is 4.20. The van der Waals surface area contributed by atoms with Crippen molar-refractivity contribution in [2.24, 2.45) is 0 Å². The Morgan fingerprint density at radius 1 is 0.720 bits per heavy atom. The van der Waals surface area contributed by atoms with Crippen molar-refractivity contribution in [2.75, 3.05) is 5.75 Å². The Labute approximate surface area is 157 Å². The van der Waals surface area contributed by atoms with Crippen molar-refractivity contribution >= 4 is 35.6 Å². The topological polar surface area (TPSA) is 68.3 Å². The first-order valence-corrected chi connectivity index (χ1v) is 12.4. The summed E-state index contributed by atoms with van der Waals surface area (Å²) in [6.45, 7) is 0. The molecular weight excluding hydrogens is 424 g/mol. The Hall–Kier alpha value is -1.18. The van der Waals surface area contributed by atoms with Crippen molar-refractivity contribution in [1.29, 1.82) is 0 Å². The lowest BCUT2D eigenvalue weighted by molar-refractivity contribution is 0.590. The van der Waals surface area contributed by atoms with Crippen molar-refractivity contribution in [3.05, 3.63) is 69.2 Å². The quantitative estimate of drug-likeness (QED) is 0.626. The van der Waals surface area contributed by atoms with Gasteiger partial charge in [0.1, 0.15) is 0 Å². The number of sulfone groups is 2. The van der Waals surface area contributed by atoms with Crippen LogP contribution in [0.5, 0.6) is 0 Å². The summed E-state index contributed by atoms with van der Waals surface area (Å²) in [5.41, 5.74) is 3.08. The molecule has 0 amide bonds. The van der Waals surface area contributed by atoms with Gasteiger partial charge in [-0.1, -0.05) is 52.3 Å². The van der Waals surface area contributed by atoms with Gasteiger partial charge in [-0.05, 0) is 41.2 Å². The molecule has 7 heteroatoms. The molecule has 4 aliphatic heterocycles. The molecule has 0 spiro atoms. The Kier molecular flexibility index (Phi) is 5.37. The van der Waals surface area contributed by atoms with Crippen LogP contribution in [0.1, 0.15) is 28.7 Å². The first kappa shape index (κ1) is 18.6. The van der Waals surface area contributed by atoms with Crippen LogP contribution in [-0.2, 0) is 43.4 Å². The summed E-state index contributed by atoms with van der Waals surface area (Å²) in [6, 6.07) is 12.3. The van der Waals surface area contributed by atoms with Crippen LogP contribution in [0.25, 0.3) is 0 Å². The molecule has 6 rings (SSSR count). The van der Waals surface area contributed by atoms with E-state index in [2.05, 4.69) is 15.9 Å². The molecule has 0 saturated carbocycles. The Bertz CT molecular complexity index is 978. The van der Waals surface area contributed by atoms with Gasteiger partial charge in [-0.25, -0.2) is 16.8 Å². The van der Waals surface area contributed by atoms with Crippen molar-refractivity contribution in [3.63, 3.8) is 0 Å². The van der Waals surface area contributed by atoms with Crippen LogP contribution in [-0.4, -0.2) is 22.6 Å². The fraction of sp³-hybridized carbons (Fsp3) is 0.333. The van der Waals surface area contributed by atoms with E-state index in [1.165, 1.54) is 0 Å². The molecule has 0 aliphatic carbocycles. The van der Waals surface area contributed by atoms with Crippen molar-refractivity contribution < 1.29 is 16.8 Å². The van der Waals surface area contributed by atoms with Gasteiger partial charge in [0.15, 0.2) is 19.7 Å². The first-order valence-electron chi connectivity index (χ1n) is 7.98. The Balaban J connectivity index is 1.99. The van der Waals surface area contributed by atoms with Gasteiger partial charge in [-0.2, -0.15) is 0 Å². The van der Waals surface area contributed by atoms with E-state index in [4.69, 9.17) is 0 Å². The van der Waals surface area contributed by atoms with Gasteiger partial charge in [0, 0.05) is 4.47 Å². The summed E-state index contributed by atoms with van der Waals surface area (Å²) < 4.78 is 50.3. The zero-order valence-electron chi connectivity index (χ0n) is 13.6. The minimum absolute atomic E-state index is 0.0119. The summed E-state index contributed by atoms with van der Waals surface area (Å²) in [4.78, 5) is 0. The van der Waals surface area contributed by atoms with E-state index in [0.717, 1.165) is 15.6 Å². The van der Waals surface area contributed by atoms with Gasteiger partial charge in [0.05, 0.1) is 23.0 Å². The third kappa shape index (κ3) is 5.15. The van der Waals surface area contributed by atoms with E-state index in [1.54, 1.807) is 30.3 Å². The molecule has 0 aromatic heterocycles. The lowest BCUT2D eigenvalue weighted by Gasteiger charge is -2.11. The average Bonchev–Trinajstić information content (AvgIpc) is 2.49. The van der Waals surface area contributed by atoms with Crippen LogP contribution in [0.15, 0.2) is 46.9 Å². The third-order valence-corrected chi connectivity index (χ3v) is 8.17. The molecule has 0 saturated heterocycles. The fourth-order valence-electron chi connectivity index (χ4n) is 2.98. The van der Waals surface area contributed by atoms with Gasteiger partial charge >= 0.3 is 0 Å². The number of benzene rings is 2. The van der Waals surface area contributed by atoms with Crippen LogP contribution in [0.2, 0.25) is 0 Å². The highest BCUT2D eigenvalue weighted by Crippen LogP contribution is 2.23. The minimum Gasteiger partial charge on any atom is -0.228 e. The summed E-state index contributed by atoms with van der Waals surface area (Å²) in [6.07, 6.45) is 1.17. The first-order chi connectivity index (χ1) is 11.7. The van der Waals surface area contributed by atoms with E-state index in [-0.39, 0.29) is 23.0 Å². The average molecular weight is 443 g/mol. The molecule has 4 bridgehead atoms. The molecule has 0 unspecified atom stereocenters. The van der Waals surface area contributed by atoms with Crippen LogP contribution >= 0.6 is 15.9 Å². The summed E-state index contributed by atoms with van der Waals surface area (Å²) in [5, 5.41) is 0.